The summed E-state index contributed by atoms with van der Waals surface area (Å²) in [5.41, 5.74) is 2.93. The summed E-state index contributed by atoms with van der Waals surface area (Å²) in [7, 11) is 2.06. The molecule has 20 heavy (non-hydrogen) atoms. The molecule has 3 unspecified atom stereocenters. The normalized spacial score (nSPS) is 25.4. The van der Waals surface area contributed by atoms with Crippen LogP contribution in [0.15, 0.2) is 36.7 Å². The molecule has 0 bridgehead atoms. The van der Waals surface area contributed by atoms with Gasteiger partial charge < -0.3 is 9.88 Å². The predicted molar refractivity (Wildman–Crippen MR) is 81.9 cm³/mol. The van der Waals surface area contributed by atoms with Gasteiger partial charge in [-0.3, -0.25) is 0 Å². The fourth-order valence-corrected chi connectivity index (χ4v) is 3.62. The van der Waals surface area contributed by atoms with Crippen LogP contribution in [-0.2, 0) is 6.42 Å². The van der Waals surface area contributed by atoms with Crippen LogP contribution in [0.2, 0.25) is 0 Å². The maximum absolute atomic E-state index is 4.49. The Balaban J connectivity index is 2.06. The van der Waals surface area contributed by atoms with Gasteiger partial charge in [-0.1, -0.05) is 38.1 Å². The Kier molecular flexibility index (Phi) is 3.62. The first kappa shape index (κ1) is 13.4. The number of rotatable bonds is 3. The number of fused-ring (bicyclic) bond motifs is 1. The molecule has 0 radical (unpaired) electrons. The van der Waals surface area contributed by atoms with Crippen LogP contribution < -0.4 is 5.32 Å². The molecule has 3 atom stereocenters. The Bertz CT molecular complexity index is 587. The number of hydrogen-bond donors (Lipinski definition) is 1. The lowest BCUT2D eigenvalue weighted by atomic mass is 9.78. The Morgan fingerprint density at radius 3 is 2.75 bits per heavy atom. The van der Waals surface area contributed by atoms with Crippen molar-refractivity contribution < 1.29 is 0 Å². The first-order valence-electron chi connectivity index (χ1n) is 7.54. The Labute approximate surface area is 121 Å². The number of likely N-dealkylation sites (N-methyl/N-ethyl adjacent to an activating group) is 1. The van der Waals surface area contributed by atoms with Crippen molar-refractivity contribution in [2.45, 2.75) is 44.7 Å². The van der Waals surface area contributed by atoms with Gasteiger partial charge in [0.15, 0.2) is 0 Å². The molecule has 1 aliphatic carbocycles. The number of imidazole rings is 1. The second kappa shape index (κ2) is 5.41. The predicted octanol–water partition coefficient (Wildman–Crippen LogP) is 3.45. The van der Waals surface area contributed by atoms with Crippen molar-refractivity contribution in [1.82, 2.24) is 14.9 Å². The standard InChI is InChI=1S/C17H23N3/c1-4-16-19-9-10-20(16)15-11-12(2)13-7-5-6-8-14(13)17(15)18-3/h5-10,12,15,17-18H,4,11H2,1-3H3. The van der Waals surface area contributed by atoms with Crippen LogP contribution in [0.5, 0.6) is 0 Å². The van der Waals surface area contributed by atoms with E-state index in [0.717, 1.165) is 12.8 Å². The molecule has 1 aromatic heterocycles. The van der Waals surface area contributed by atoms with Crippen molar-refractivity contribution in [2.24, 2.45) is 0 Å². The van der Waals surface area contributed by atoms with Crippen LogP contribution in [-0.4, -0.2) is 16.6 Å². The van der Waals surface area contributed by atoms with Gasteiger partial charge in [-0.25, -0.2) is 4.98 Å². The van der Waals surface area contributed by atoms with Crippen molar-refractivity contribution >= 4 is 0 Å². The molecular formula is C17H23N3. The van der Waals surface area contributed by atoms with Crippen LogP contribution >= 0.6 is 0 Å². The topological polar surface area (TPSA) is 29.9 Å². The number of aromatic nitrogens is 2. The molecule has 3 nitrogen and oxygen atoms in total. The van der Waals surface area contributed by atoms with Gasteiger partial charge in [-0.05, 0) is 30.5 Å². The molecule has 0 aliphatic heterocycles. The minimum atomic E-state index is 0.363. The molecule has 0 saturated carbocycles. The SMILES string of the molecule is CCc1nccn1C1CC(C)c2ccccc2C1NC. The number of hydrogen-bond acceptors (Lipinski definition) is 2. The summed E-state index contributed by atoms with van der Waals surface area (Å²) in [6.07, 6.45) is 6.20. The van der Waals surface area contributed by atoms with Gasteiger partial charge in [0, 0.05) is 18.8 Å². The minimum absolute atomic E-state index is 0.363. The summed E-state index contributed by atoms with van der Waals surface area (Å²) < 4.78 is 2.37. The molecule has 1 heterocycles. The van der Waals surface area contributed by atoms with Gasteiger partial charge in [0.2, 0.25) is 0 Å². The third kappa shape index (κ3) is 2.06. The zero-order valence-electron chi connectivity index (χ0n) is 12.5. The van der Waals surface area contributed by atoms with Crippen molar-refractivity contribution in [2.75, 3.05) is 7.05 Å². The molecule has 3 heteroatoms. The fourth-order valence-electron chi connectivity index (χ4n) is 3.62. The highest BCUT2D eigenvalue weighted by molar-refractivity contribution is 5.36. The van der Waals surface area contributed by atoms with Gasteiger partial charge >= 0.3 is 0 Å². The van der Waals surface area contributed by atoms with E-state index in [2.05, 4.69) is 66.2 Å². The molecule has 0 fully saturated rings. The van der Waals surface area contributed by atoms with E-state index in [1.54, 1.807) is 0 Å². The minimum Gasteiger partial charge on any atom is -0.330 e. The highest BCUT2D eigenvalue weighted by Crippen LogP contribution is 2.43. The molecule has 1 aromatic carbocycles. The van der Waals surface area contributed by atoms with Crippen LogP contribution in [0.1, 0.15) is 55.2 Å². The molecule has 2 aromatic rings. The molecule has 1 aliphatic rings. The molecule has 0 saturated heterocycles. The van der Waals surface area contributed by atoms with Gasteiger partial charge in [0.1, 0.15) is 5.82 Å². The lowest BCUT2D eigenvalue weighted by molar-refractivity contribution is 0.304. The lowest BCUT2D eigenvalue weighted by Crippen LogP contribution is -2.33. The van der Waals surface area contributed by atoms with Crippen molar-refractivity contribution in [3.8, 4) is 0 Å². The molecule has 0 spiro atoms. The lowest BCUT2D eigenvalue weighted by Gasteiger charge is -2.38. The van der Waals surface area contributed by atoms with E-state index < -0.39 is 0 Å². The molecule has 1 N–H and O–H groups in total. The zero-order chi connectivity index (χ0) is 14.1. The largest absolute Gasteiger partial charge is 0.330 e. The van der Waals surface area contributed by atoms with Crippen LogP contribution in [0.4, 0.5) is 0 Å². The van der Waals surface area contributed by atoms with E-state index in [0.29, 0.717) is 18.0 Å². The first-order chi connectivity index (χ1) is 9.76. The fraction of sp³-hybridized carbons (Fsp3) is 0.471. The zero-order valence-corrected chi connectivity index (χ0v) is 12.5. The monoisotopic (exact) mass is 269 g/mol. The maximum atomic E-state index is 4.49. The summed E-state index contributed by atoms with van der Waals surface area (Å²) in [6, 6.07) is 9.64. The molecular weight excluding hydrogens is 246 g/mol. The highest BCUT2D eigenvalue weighted by Gasteiger charge is 2.33. The maximum Gasteiger partial charge on any atom is 0.108 e. The highest BCUT2D eigenvalue weighted by atomic mass is 15.1. The summed E-state index contributed by atoms with van der Waals surface area (Å²) in [5, 5.41) is 3.52. The summed E-state index contributed by atoms with van der Waals surface area (Å²) in [6.45, 7) is 4.51. The Morgan fingerprint density at radius 1 is 1.30 bits per heavy atom. The van der Waals surface area contributed by atoms with Crippen molar-refractivity contribution in [1.29, 1.82) is 0 Å². The van der Waals surface area contributed by atoms with Gasteiger partial charge in [0.25, 0.3) is 0 Å². The summed E-state index contributed by atoms with van der Waals surface area (Å²) in [5.74, 6) is 1.77. The van der Waals surface area contributed by atoms with Gasteiger partial charge in [-0.2, -0.15) is 0 Å². The molecule has 106 valence electrons. The summed E-state index contributed by atoms with van der Waals surface area (Å²) in [4.78, 5) is 4.49. The van der Waals surface area contributed by atoms with Crippen molar-refractivity contribution in [3.63, 3.8) is 0 Å². The van der Waals surface area contributed by atoms with Crippen LogP contribution in [0.3, 0.4) is 0 Å². The van der Waals surface area contributed by atoms with E-state index in [1.165, 1.54) is 17.0 Å². The average molecular weight is 269 g/mol. The van der Waals surface area contributed by atoms with Crippen LogP contribution in [0, 0.1) is 0 Å². The Hall–Kier alpha value is -1.61. The van der Waals surface area contributed by atoms with E-state index >= 15 is 0 Å². The van der Waals surface area contributed by atoms with E-state index in [4.69, 9.17) is 0 Å². The van der Waals surface area contributed by atoms with Crippen LogP contribution in [0.25, 0.3) is 0 Å². The average Bonchev–Trinajstić information content (AvgIpc) is 2.95. The second-order valence-corrected chi connectivity index (χ2v) is 5.70. The number of benzene rings is 1. The quantitative estimate of drug-likeness (QED) is 0.925. The molecule has 0 amide bonds. The van der Waals surface area contributed by atoms with Gasteiger partial charge in [0.05, 0.1) is 12.1 Å². The van der Waals surface area contributed by atoms with Crippen molar-refractivity contribution in [3.05, 3.63) is 53.6 Å². The smallest absolute Gasteiger partial charge is 0.108 e. The Morgan fingerprint density at radius 2 is 2.05 bits per heavy atom. The molecule has 3 rings (SSSR count). The third-order valence-corrected chi connectivity index (χ3v) is 4.58. The second-order valence-electron chi connectivity index (χ2n) is 5.70. The number of nitrogens with one attached hydrogen (secondary N) is 1. The number of nitrogens with zero attached hydrogens (tertiary/aromatic N) is 2. The van der Waals surface area contributed by atoms with E-state index in [-0.39, 0.29) is 0 Å². The van der Waals surface area contributed by atoms with E-state index in [9.17, 15) is 0 Å². The summed E-state index contributed by atoms with van der Waals surface area (Å²) >= 11 is 0. The number of aryl methyl sites for hydroxylation is 1. The van der Waals surface area contributed by atoms with Gasteiger partial charge in [-0.15, -0.1) is 0 Å². The van der Waals surface area contributed by atoms with E-state index in [1.807, 2.05) is 6.20 Å². The first-order valence-corrected chi connectivity index (χ1v) is 7.54. The third-order valence-electron chi connectivity index (χ3n) is 4.58.